The molecule has 0 amide bonds. The van der Waals surface area contributed by atoms with Gasteiger partial charge in [0.2, 0.25) is 0 Å². The summed E-state index contributed by atoms with van der Waals surface area (Å²) < 4.78 is 0. The van der Waals surface area contributed by atoms with E-state index in [1.807, 2.05) is 0 Å². The Labute approximate surface area is 46.4 Å². The maximum atomic E-state index is 10.6. The lowest BCUT2D eigenvalue weighted by Gasteiger charge is -2.16. The van der Waals surface area contributed by atoms with E-state index in [2.05, 4.69) is 19.6 Å². The molecule has 1 radical (unpaired) electrons. The molecular formula is C5H13OSi. The molecular weight excluding hydrogens is 104 g/mol. The van der Waals surface area contributed by atoms with Crippen LogP contribution in [-0.2, 0) is 5.11 Å². The van der Waals surface area contributed by atoms with Crippen LogP contribution >= 0.6 is 0 Å². The molecule has 7 heavy (non-hydrogen) atoms. The van der Waals surface area contributed by atoms with Crippen LogP contribution in [0.3, 0.4) is 0 Å². The summed E-state index contributed by atoms with van der Waals surface area (Å²) >= 11 is 0. The van der Waals surface area contributed by atoms with Gasteiger partial charge < -0.3 is 0 Å². The summed E-state index contributed by atoms with van der Waals surface area (Å²) in [5.74, 6) is 0. The highest BCUT2D eigenvalue weighted by molar-refractivity contribution is 6.77. The maximum Gasteiger partial charge on any atom is 0.0823 e. The molecule has 0 saturated heterocycles. The van der Waals surface area contributed by atoms with Crippen LogP contribution in [0.4, 0.5) is 0 Å². The zero-order chi connectivity index (χ0) is 6.08. The van der Waals surface area contributed by atoms with Crippen LogP contribution in [0.1, 0.15) is 6.92 Å². The standard InChI is InChI=1S/C5H13OSi/c1-5(6)7(2,3)4/h5H,1-4H3. The van der Waals surface area contributed by atoms with Gasteiger partial charge in [0.25, 0.3) is 0 Å². The van der Waals surface area contributed by atoms with Crippen molar-refractivity contribution in [3.8, 4) is 0 Å². The lowest BCUT2D eigenvalue weighted by molar-refractivity contribution is 0.164. The molecule has 43 valence electrons. The third-order valence-electron chi connectivity index (χ3n) is 1.22. The third kappa shape index (κ3) is 2.82. The van der Waals surface area contributed by atoms with Crippen molar-refractivity contribution < 1.29 is 5.11 Å². The van der Waals surface area contributed by atoms with Crippen molar-refractivity contribution >= 4 is 8.07 Å². The molecule has 1 nitrogen and oxygen atoms in total. The van der Waals surface area contributed by atoms with Gasteiger partial charge in [0.1, 0.15) is 0 Å². The molecule has 0 heterocycles. The second-order valence-electron chi connectivity index (χ2n) is 3.01. The van der Waals surface area contributed by atoms with Gasteiger partial charge >= 0.3 is 0 Å². The fourth-order valence-electron chi connectivity index (χ4n) is 0. The molecule has 0 aromatic carbocycles. The normalized spacial score (nSPS) is 16.7. The molecule has 1 atom stereocenters. The van der Waals surface area contributed by atoms with Crippen molar-refractivity contribution in [1.82, 2.24) is 0 Å². The zero-order valence-corrected chi connectivity index (χ0v) is 6.49. The van der Waals surface area contributed by atoms with E-state index >= 15 is 0 Å². The summed E-state index contributed by atoms with van der Waals surface area (Å²) in [5.41, 5.74) is -0.313. The van der Waals surface area contributed by atoms with Crippen LogP contribution in [0.2, 0.25) is 19.6 Å². The summed E-state index contributed by atoms with van der Waals surface area (Å²) in [7, 11) is -1.29. The second kappa shape index (κ2) is 1.97. The van der Waals surface area contributed by atoms with Crippen molar-refractivity contribution in [3.63, 3.8) is 0 Å². The minimum absolute atomic E-state index is 0.313. The predicted octanol–water partition coefficient (Wildman–Crippen LogP) is 1.68. The molecule has 0 aliphatic carbocycles. The first kappa shape index (κ1) is 7.18. The van der Waals surface area contributed by atoms with Gasteiger partial charge in [-0.2, -0.15) is 0 Å². The molecule has 1 unspecified atom stereocenters. The molecule has 0 saturated carbocycles. The molecule has 0 bridgehead atoms. The summed E-state index contributed by atoms with van der Waals surface area (Å²) in [5, 5.41) is 10.6. The first-order valence-corrected chi connectivity index (χ1v) is 6.18. The van der Waals surface area contributed by atoms with Crippen molar-refractivity contribution in [3.05, 3.63) is 0 Å². The average molecular weight is 117 g/mol. The van der Waals surface area contributed by atoms with E-state index in [4.69, 9.17) is 0 Å². The third-order valence-corrected chi connectivity index (χ3v) is 3.66. The van der Waals surface area contributed by atoms with Crippen molar-refractivity contribution in [1.29, 1.82) is 0 Å². The Bertz CT molecular complexity index is 53.6. The molecule has 0 fully saturated rings. The maximum absolute atomic E-state index is 10.6. The van der Waals surface area contributed by atoms with Gasteiger partial charge in [0.15, 0.2) is 0 Å². The Morgan fingerprint density at radius 1 is 1.29 bits per heavy atom. The monoisotopic (exact) mass is 117 g/mol. The van der Waals surface area contributed by atoms with Crippen LogP contribution < -0.4 is 0 Å². The summed E-state index contributed by atoms with van der Waals surface area (Å²) in [6.45, 7) is 8.02. The fourth-order valence-corrected chi connectivity index (χ4v) is 0. The SMILES string of the molecule is CC([O])[Si](C)(C)C. The van der Waals surface area contributed by atoms with Gasteiger partial charge in [-0.1, -0.05) is 19.6 Å². The summed E-state index contributed by atoms with van der Waals surface area (Å²) in [6, 6.07) is 0. The summed E-state index contributed by atoms with van der Waals surface area (Å²) in [6.07, 6.45) is 0. The molecule has 0 aliphatic heterocycles. The van der Waals surface area contributed by atoms with Crippen molar-refractivity contribution in [2.24, 2.45) is 0 Å². The minimum Gasteiger partial charge on any atom is -0.237 e. The number of rotatable bonds is 1. The Hall–Kier alpha value is 0.177. The highest BCUT2D eigenvalue weighted by Crippen LogP contribution is 2.05. The summed E-state index contributed by atoms with van der Waals surface area (Å²) in [4.78, 5) is 0. The van der Waals surface area contributed by atoms with Crippen LogP contribution in [0.25, 0.3) is 0 Å². The Morgan fingerprint density at radius 3 is 1.43 bits per heavy atom. The lowest BCUT2D eigenvalue weighted by atomic mass is 10.9. The number of hydrogen-bond donors (Lipinski definition) is 0. The quantitative estimate of drug-likeness (QED) is 0.466. The van der Waals surface area contributed by atoms with Gasteiger partial charge in [-0.25, -0.2) is 5.11 Å². The number of hydrogen-bond acceptors (Lipinski definition) is 0. The van der Waals surface area contributed by atoms with Gasteiger partial charge in [-0.05, 0) is 6.92 Å². The molecule has 0 aromatic rings. The Morgan fingerprint density at radius 2 is 1.43 bits per heavy atom. The van der Waals surface area contributed by atoms with Gasteiger partial charge in [0.05, 0.1) is 13.8 Å². The smallest absolute Gasteiger partial charge is 0.0823 e. The predicted molar refractivity (Wildman–Crippen MR) is 33.5 cm³/mol. The molecule has 0 N–H and O–H groups in total. The lowest BCUT2D eigenvalue weighted by Crippen LogP contribution is -2.34. The minimum atomic E-state index is -1.29. The Kier molecular flexibility index (Phi) is 2.02. The van der Waals surface area contributed by atoms with E-state index in [1.54, 1.807) is 6.92 Å². The van der Waals surface area contributed by atoms with E-state index in [1.165, 1.54) is 0 Å². The molecule has 0 spiro atoms. The van der Waals surface area contributed by atoms with Gasteiger partial charge in [0, 0.05) is 0 Å². The van der Waals surface area contributed by atoms with Crippen LogP contribution in [-0.4, -0.2) is 13.8 Å². The highest BCUT2D eigenvalue weighted by atomic mass is 28.3. The second-order valence-corrected chi connectivity index (χ2v) is 8.55. The largest absolute Gasteiger partial charge is 0.237 e. The van der Waals surface area contributed by atoms with E-state index < -0.39 is 8.07 Å². The van der Waals surface area contributed by atoms with E-state index in [9.17, 15) is 5.11 Å². The van der Waals surface area contributed by atoms with Crippen LogP contribution in [0.5, 0.6) is 0 Å². The average Bonchev–Trinajstić information content (AvgIpc) is 1.31. The van der Waals surface area contributed by atoms with Gasteiger partial charge in [-0.3, -0.25) is 0 Å². The van der Waals surface area contributed by atoms with E-state index in [-0.39, 0.29) is 5.73 Å². The topological polar surface area (TPSA) is 19.9 Å². The first-order chi connectivity index (χ1) is 2.94. The molecule has 0 aliphatic rings. The van der Waals surface area contributed by atoms with E-state index in [0.717, 1.165) is 0 Å². The molecule has 2 heteroatoms. The fraction of sp³-hybridized carbons (Fsp3) is 1.00. The van der Waals surface area contributed by atoms with Crippen molar-refractivity contribution in [2.75, 3.05) is 0 Å². The van der Waals surface area contributed by atoms with Crippen LogP contribution in [0.15, 0.2) is 0 Å². The van der Waals surface area contributed by atoms with Gasteiger partial charge in [-0.15, -0.1) is 0 Å². The van der Waals surface area contributed by atoms with E-state index in [0.29, 0.717) is 0 Å². The van der Waals surface area contributed by atoms with Crippen molar-refractivity contribution in [2.45, 2.75) is 32.3 Å². The molecule has 0 aromatic heterocycles. The molecule has 0 rings (SSSR count). The van der Waals surface area contributed by atoms with Crippen LogP contribution in [0, 0.1) is 0 Å². The zero-order valence-electron chi connectivity index (χ0n) is 5.49. The highest BCUT2D eigenvalue weighted by Gasteiger charge is 2.20. The Balaban J connectivity index is 3.54. The first-order valence-electron chi connectivity index (χ1n) is 2.60.